The van der Waals surface area contributed by atoms with Crippen molar-refractivity contribution in [1.29, 1.82) is 0 Å². The Morgan fingerprint density at radius 2 is 1.88 bits per heavy atom. The van der Waals surface area contributed by atoms with Crippen molar-refractivity contribution in [2.45, 2.75) is 32.0 Å². The summed E-state index contributed by atoms with van der Waals surface area (Å²) in [5.41, 5.74) is -0.946. The summed E-state index contributed by atoms with van der Waals surface area (Å²) in [7, 11) is 0. The van der Waals surface area contributed by atoms with Gasteiger partial charge in [-0.2, -0.15) is 13.2 Å². The Morgan fingerprint density at radius 1 is 1.25 bits per heavy atom. The summed E-state index contributed by atoms with van der Waals surface area (Å²) >= 11 is 0. The van der Waals surface area contributed by atoms with Crippen molar-refractivity contribution in [2.24, 2.45) is 0 Å². The lowest BCUT2D eigenvalue weighted by Gasteiger charge is -2.19. The number of para-hydroxylation sites is 1. The van der Waals surface area contributed by atoms with E-state index in [4.69, 9.17) is 4.74 Å². The molecule has 0 bridgehead atoms. The molecule has 1 fully saturated rings. The molecule has 1 aliphatic heterocycles. The van der Waals surface area contributed by atoms with Crippen molar-refractivity contribution < 1.29 is 27.5 Å². The molecule has 24 heavy (non-hydrogen) atoms. The number of nitrogens with one attached hydrogen (secondary N) is 1. The van der Waals surface area contributed by atoms with Gasteiger partial charge in [0.1, 0.15) is 5.75 Å². The molecule has 1 aromatic rings. The van der Waals surface area contributed by atoms with Crippen LogP contribution in [-0.4, -0.2) is 42.5 Å². The van der Waals surface area contributed by atoms with Gasteiger partial charge in [0.05, 0.1) is 12.1 Å². The molecule has 1 atom stereocenters. The van der Waals surface area contributed by atoms with E-state index in [2.05, 4.69) is 5.32 Å². The van der Waals surface area contributed by atoms with Crippen LogP contribution in [0.2, 0.25) is 0 Å². The molecule has 0 spiro atoms. The lowest BCUT2D eigenvalue weighted by molar-refractivity contribution is -0.140. The highest BCUT2D eigenvalue weighted by atomic mass is 19.4. The zero-order valence-corrected chi connectivity index (χ0v) is 13.2. The highest BCUT2D eigenvalue weighted by molar-refractivity contribution is 5.87. The summed E-state index contributed by atoms with van der Waals surface area (Å²) in [4.78, 5) is 25.4. The van der Waals surface area contributed by atoms with Gasteiger partial charge in [0.25, 0.3) is 5.91 Å². The van der Waals surface area contributed by atoms with Crippen LogP contribution in [-0.2, 0) is 15.8 Å². The van der Waals surface area contributed by atoms with Crippen molar-refractivity contribution in [3.8, 4) is 5.75 Å². The minimum Gasteiger partial charge on any atom is -0.480 e. The van der Waals surface area contributed by atoms with Crippen LogP contribution < -0.4 is 10.1 Å². The van der Waals surface area contributed by atoms with Crippen molar-refractivity contribution in [1.82, 2.24) is 10.2 Å². The number of nitrogens with zero attached hydrogens (tertiary/aromatic N) is 1. The molecule has 5 nitrogen and oxygen atoms in total. The largest absolute Gasteiger partial charge is 0.480 e. The summed E-state index contributed by atoms with van der Waals surface area (Å²) < 4.78 is 43.8. The number of amides is 2. The summed E-state index contributed by atoms with van der Waals surface area (Å²) in [6.07, 6.45) is -3.85. The third kappa shape index (κ3) is 4.62. The number of ether oxygens (including phenoxy) is 1. The molecular formula is C16H19F3N2O3. The molecule has 8 heteroatoms. The van der Waals surface area contributed by atoms with Crippen molar-refractivity contribution in [3.05, 3.63) is 29.8 Å². The van der Waals surface area contributed by atoms with Crippen molar-refractivity contribution in [2.75, 3.05) is 19.6 Å². The lowest BCUT2D eigenvalue weighted by atomic mass is 10.2. The van der Waals surface area contributed by atoms with Gasteiger partial charge in [0, 0.05) is 13.1 Å². The Bertz CT molecular complexity index is 598. The third-order valence-electron chi connectivity index (χ3n) is 3.74. The molecule has 0 aliphatic carbocycles. The van der Waals surface area contributed by atoms with Gasteiger partial charge < -0.3 is 15.0 Å². The molecule has 0 unspecified atom stereocenters. The standard InChI is InChI=1S/C16H19F3N2O3/c1-11(15(23)20-10-14(22)21-8-4-5-9-21)24-13-7-3-2-6-12(13)16(17,18)19/h2-3,6-7,11H,4-5,8-10H2,1H3,(H,20,23)/t11-/m0/s1. The van der Waals surface area contributed by atoms with E-state index in [9.17, 15) is 22.8 Å². The van der Waals surface area contributed by atoms with Gasteiger partial charge in [-0.05, 0) is 31.9 Å². The van der Waals surface area contributed by atoms with Crippen molar-refractivity contribution in [3.63, 3.8) is 0 Å². The number of hydrogen-bond donors (Lipinski definition) is 1. The first-order chi connectivity index (χ1) is 11.3. The molecule has 0 saturated carbocycles. The van der Waals surface area contributed by atoms with Crippen LogP contribution in [0, 0.1) is 0 Å². The van der Waals surface area contributed by atoms with E-state index in [0.29, 0.717) is 13.1 Å². The van der Waals surface area contributed by atoms with Crippen LogP contribution >= 0.6 is 0 Å². The average molecular weight is 344 g/mol. The Balaban J connectivity index is 1.91. The number of likely N-dealkylation sites (tertiary alicyclic amines) is 1. The molecule has 2 amide bonds. The average Bonchev–Trinajstić information content (AvgIpc) is 3.06. The number of carbonyl (C=O) groups excluding carboxylic acids is 2. The van der Waals surface area contributed by atoms with Gasteiger partial charge in [0.15, 0.2) is 6.10 Å². The Labute approximate surface area is 137 Å². The van der Waals surface area contributed by atoms with Gasteiger partial charge in [0.2, 0.25) is 5.91 Å². The topological polar surface area (TPSA) is 58.6 Å². The highest BCUT2D eigenvalue weighted by Gasteiger charge is 2.34. The van der Waals surface area contributed by atoms with E-state index in [-0.39, 0.29) is 12.5 Å². The first-order valence-corrected chi connectivity index (χ1v) is 7.67. The van der Waals surface area contributed by atoms with Crippen LogP contribution in [0.25, 0.3) is 0 Å². The monoisotopic (exact) mass is 344 g/mol. The number of alkyl halides is 3. The first kappa shape index (κ1) is 18.1. The van der Waals surface area contributed by atoms with Gasteiger partial charge in [-0.25, -0.2) is 0 Å². The molecule has 2 rings (SSSR count). The molecule has 1 saturated heterocycles. The fourth-order valence-corrected chi connectivity index (χ4v) is 2.43. The van der Waals surface area contributed by atoms with Crippen LogP contribution in [0.4, 0.5) is 13.2 Å². The predicted molar refractivity (Wildman–Crippen MR) is 80.4 cm³/mol. The number of halogens is 3. The maximum absolute atomic E-state index is 12.9. The van der Waals surface area contributed by atoms with E-state index >= 15 is 0 Å². The third-order valence-corrected chi connectivity index (χ3v) is 3.74. The van der Waals surface area contributed by atoms with Gasteiger partial charge in [-0.1, -0.05) is 12.1 Å². The molecule has 1 aliphatic rings. The lowest BCUT2D eigenvalue weighted by Crippen LogP contribution is -2.43. The van der Waals surface area contributed by atoms with E-state index in [1.54, 1.807) is 4.90 Å². The van der Waals surface area contributed by atoms with Crippen LogP contribution in [0.15, 0.2) is 24.3 Å². The normalized spacial score (nSPS) is 15.9. The molecule has 1 heterocycles. The zero-order valence-electron chi connectivity index (χ0n) is 13.2. The SMILES string of the molecule is C[C@H](Oc1ccccc1C(F)(F)F)C(=O)NCC(=O)N1CCCC1. The Morgan fingerprint density at radius 3 is 2.50 bits per heavy atom. The van der Waals surface area contributed by atoms with Crippen LogP contribution in [0.3, 0.4) is 0 Å². The Kier molecular flexibility index (Phi) is 5.69. The first-order valence-electron chi connectivity index (χ1n) is 7.67. The quantitative estimate of drug-likeness (QED) is 0.891. The van der Waals surface area contributed by atoms with E-state index in [0.717, 1.165) is 25.0 Å². The fourth-order valence-electron chi connectivity index (χ4n) is 2.43. The number of carbonyl (C=O) groups is 2. The van der Waals surface area contributed by atoms with Gasteiger partial charge in [-0.15, -0.1) is 0 Å². The molecule has 1 aromatic carbocycles. The van der Waals surface area contributed by atoms with E-state index in [1.165, 1.54) is 19.1 Å². The predicted octanol–water partition coefficient (Wildman–Crippen LogP) is 2.21. The summed E-state index contributed by atoms with van der Waals surface area (Å²) in [5.74, 6) is -1.26. The molecule has 0 aromatic heterocycles. The molecule has 0 radical (unpaired) electrons. The second-order valence-electron chi connectivity index (χ2n) is 5.56. The Hall–Kier alpha value is -2.25. The minimum absolute atomic E-state index is 0.187. The number of rotatable bonds is 5. The summed E-state index contributed by atoms with van der Waals surface area (Å²) in [5, 5.41) is 2.40. The van der Waals surface area contributed by atoms with Crippen LogP contribution in [0.1, 0.15) is 25.3 Å². The maximum atomic E-state index is 12.9. The summed E-state index contributed by atoms with van der Waals surface area (Å²) in [6.45, 7) is 2.48. The van der Waals surface area contributed by atoms with Crippen LogP contribution in [0.5, 0.6) is 5.75 Å². The fraction of sp³-hybridized carbons (Fsp3) is 0.500. The summed E-state index contributed by atoms with van der Waals surface area (Å²) in [6, 6.07) is 4.68. The van der Waals surface area contributed by atoms with Gasteiger partial charge in [-0.3, -0.25) is 9.59 Å². The zero-order chi connectivity index (χ0) is 17.7. The highest BCUT2D eigenvalue weighted by Crippen LogP contribution is 2.36. The molecule has 132 valence electrons. The van der Waals surface area contributed by atoms with Gasteiger partial charge >= 0.3 is 6.18 Å². The van der Waals surface area contributed by atoms with E-state index < -0.39 is 29.5 Å². The minimum atomic E-state index is -4.57. The van der Waals surface area contributed by atoms with E-state index in [1.807, 2.05) is 0 Å². The second kappa shape index (κ2) is 7.55. The van der Waals surface area contributed by atoms with Crippen molar-refractivity contribution >= 4 is 11.8 Å². The smallest absolute Gasteiger partial charge is 0.419 e. The number of hydrogen-bond acceptors (Lipinski definition) is 3. The maximum Gasteiger partial charge on any atom is 0.419 e. The molecule has 1 N–H and O–H groups in total. The number of benzene rings is 1. The second-order valence-corrected chi connectivity index (χ2v) is 5.56. The molecular weight excluding hydrogens is 325 g/mol.